The quantitative estimate of drug-likeness (QED) is 0.818. The molecule has 0 radical (unpaired) electrons. The predicted molar refractivity (Wildman–Crippen MR) is 59.8 cm³/mol. The van der Waals surface area contributed by atoms with Crippen LogP contribution >= 0.6 is 0 Å². The van der Waals surface area contributed by atoms with E-state index in [4.69, 9.17) is 0 Å². The molecule has 1 unspecified atom stereocenters. The van der Waals surface area contributed by atoms with Crippen LogP contribution in [0.5, 0.6) is 0 Å². The number of hydrogen-bond donors (Lipinski definition) is 2. The van der Waals surface area contributed by atoms with Crippen LogP contribution in [0.1, 0.15) is 29.3 Å². The zero-order chi connectivity index (χ0) is 12.1. The molecule has 2 N–H and O–H groups in total. The van der Waals surface area contributed by atoms with Gasteiger partial charge in [0.25, 0.3) is 5.91 Å². The zero-order valence-corrected chi connectivity index (χ0v) is 9.46. The zero-order valence-electron chi connectivity index (χ0n) is 9.46. The van der Waals surface area contributed by atoms with Crippen LogP contribution in [0.25, 0.3) is 0 Å². The van der Waals surface area contributed by atoms with Crippen LogP contribution < -0.4 is 5.32 Å². The lowest BCUT2D eigenvalue weighted by Crippen LogP contribution is -2.31. The highest BCUT2D eigenvalue weighted by Gasteiger charge is 2.09. The highest BCUT2D eigenvalue weighted by molar-refractivity contribution is 5.94. The van der Waals surface area contributed by atoms with E-state index in [0.29, 0.717) is 12.0 Å². The van der Waals surface area contributed by atoms with Gasteiger partial charge in [0.1, 0.15) is 5.82 Å². The standard InChI is InChI=1S/C12H16FNO2/c1-3-11(15)7-14-12(16)9-4-8(2)5-10(13)6-9/h4-6,11,15H,3,7H2,1-2H3,(H,14,16). The van der Waals surface area contributed by atoms with Gasteiger partial charge in [-0.2, -0.15) is 0 Å². The van der Waals surface area contributed by atoms with E-state index in [-0.39, 0.29) is 18.0 Å². The molecular formula is C12H16FNO2. The topological polar surface area (TPSA) is 49.3 Å². The van der Waals surface area contributed by atoms with Crippen molar-refractivity contribution >= 4 is 5.91 Å². The Morgan fingerprint density at radius 3 is 2.75 bits per heavy atom. The first-order chi connectivity index (χ1) is 7.52. The monoisotopic (exact) mass is 225 g/mol. The summed E-state index contributed by atoms with van der Waals surface area (Å²) in [5, 5.41) is 11.8. The second-order valence-electron chi connectivity index (χ2n) is 3.79. The van der Waals surface area contributed by atoms with E-state index >= 15 is 0 Å². The van der Waals surface area contributed by atoms with E-state index in [1.54, 1.807) is 13.0 Å². The van der Waals surface area contributed by atoms with Crippen LogP contribution in [0.3, 0.4) is 0 Å². The summed E-state index contributed by atoms with van der Waals surface area (Å²) in [6, 6.07) is 4.15. The van der Waals surface area contributed by atoms with Gasteiger partial charge in [0, 0.05) is 12.1 Å². The molecule has 1 aromatic rings. The van der Waals surface area contributed by atoms with E-state index in [9.17, 15) is 14.3 Å². The molecular weight excluding hydrogens is 209 g/mol. The summed E-state index contributed by atoms with van der Waals surface area (Å²) in [7, 11) is 0. The number of halogens is 1. The van der Waals surface area contributed by atoms with Crippen molar-refractivity contribution in [3.05, 3.63) is 35.1 Å². The van der Waals surface area contributed by atoms with Crippen LogP contribution in [0, 0.1) is 12.7 Å². The van der Waals surface area contributed by atoms with Crippen molar-refractivity contribution < 1.29 is 14.3 Å². The van der Waals surface area contributed by atoms with Crippen LogP contribution in [0.4, 0.5) is 4.39 Å². The fourth-order valence-corrected chi connectivity index (χ4v) is 1.32. The Bertz CT molecular complexity index is 359. The maximum Gasteiger partial charge on any atom is 0.251 e. The third-order valence-corrected chi connectivity index (χ3v) is 2.27. The van der Waals surface area contributed by atoms with Crippen molar-refractivity contribution in [1.29, 1.82) is 0 Å². The van der Waals surface area contributed by atoms with Crippen molar-refractivity contribution in [1.82, 2.24) is 5.32 Å². The SMILES string of the molecule is CCC(O)CNC(=O)c1cc(C)cc(F)c1. The number of carbonyl (C=O) groups is 1. The van der Waals surface area contributed by atoms with Crippen molar-refractivity contribution in [2.24, 2.45) is 0 Å². The van der Waals surface area contributed by atoms with Gasteiger partial charge in [0.15, 0.2) is 0 Å². The Labute approximate surface area is 94.3 Å². The molecule has 0 aromatic heterocycles. The molecule has 1 amide bonds. The van der Waals surface area contributed by atoms with Crippen LogP contribution in [0.2, 0.25) is 0 Å². The fraction of sp³-hybridized carbons (Fsp3) is 0.417. The van der Waals surface area contributed by atoms with Gasteiger partial charge < -0.3 is 10.4 Å². The van der Waals surface area contributed by atoms with Crippen LogP contribution in [0.15, 0.2) is 18.2 Å². The molecule has 0 spiro atoms. The number of amides is 1. The molecule has 4 heteroatoms. The summed E-state index contributed by atoms with van der Waals surface area (Å²) in [5.41, 5.74) is 0.974. The fourth-order valence-electron chi connectivity index (χ4n) is 1.32. The van der Waals surface area contributed by atoms with E-state index in [0.717, 1.165) is 0 Å². The third-order valence-electron chi connectivity index (χ3n) is 2.27. The smallest absolute Gasteiger partial charge is 0.251 e. The van der Waals surface area contributed by atoms with E-state index in [1.165, 1.54) is 12.1 Å². The summed E-state index contributed by atoms with van der Waals surface area (Å²) in [6.45, 7) is 3.73. The van der Waals surface area contributed by atoms with E-state index < -0.39 is 11.9 Å². The van der Waals surface area contributed by atoms with Gasteiger partial charge in [-0.25, -0.2) is 4.39 Å². The Kier molecular flexibility index (Phi) is 4.43. The Hall–Kier alpha value is -1.42. The van der Waals surface area contributed by atoms with Crippen LogP contribution in [-0.4, -0.2) is 23.7 Å². The molecule has 1 rings (SSSR count). The number of carbonyl (C=O) groups excluding carboxylic acids is 1. The first-order valence-corrected chi connectivity index (χ1v) is 5.26. The van der Waals surface area contributed by atoms with Crippen molar-refractivity contribution in [3.63, 3.8) is 0 Å². The Morgan fingerprint density at radius 1 is 1.50 bits per heavy atom. The number of hydrogen-bond acceptors (Lipinski definition) is 2. The number of aliphatic hydroxyl groups excluding tert-OH is 1. The van der Waals surface area contributed by atoms with Gasteiger partial charge in [0.2, 0.25) is 0 Å². The maximum absolute atomic E-state index is 13.0. The van der Waals surface area contributed by atoms with Gasteiger partial charge >= 0.3 is 0 Å². The molecule has 1 aromatic carbocycles. The predicted octanol–water partition coefficient (Wildman–Crippen LogP) is 1.63. The molecule has 0 fully saturated rings. The summed E-state index contributed by atoms with van der Waals surface area (Å²) < 4.78 is 13.0. The average Bonchev–Trinajstić information content (AvgIpc) is 2.23. The summed E-state index contributed by atoms with van der Waals surface area (Å²) in [4.78, 5) is 11.6. The van der Waals surface area contributed by atoms with E-state index in [2.05, 4.69) is 5.32 Å². The molecule has 3 nitrogen and oxygen atoms in total. The maximum atomic E-state index is 13.0. The highest BCUT2D eigenvalue weighted by atomic mass is 19.1. The second kappa shape index (κ2) is 5.61. The molecule has 0 aliphatic rings. The average molecular weight is 225 g/mol. The molecule has 0 saturated heterocycles. The Balaban J connectivity index is 2.66. The molecule has 16 heavy (non-hydrogen) atoms. The van der Waals surface area contributed by atoms with Gasteiger partial charge in [-0.05, 0) is 37.1 Å². The summed E-state index contributed by atoms with van der Waals surface area (Å²) >= 11 is 0. The number of aliphatic hydroxyl groups is 1. The lowest BCUT2D eigenvalue weighted by molar-refractivity contribution is 0.0913. The molecule has 88 valence electrons. The molecule has 1 atom stereocenters. The number of aryl methyl sites for hydroxylation is 1. The second-order valence-corrected chi connectivity index (χ2v) is 3.79. The van der Waals surface area contributed by atoms with Crippen molar-refractivity contribution in [2.45, 2.75) is 26.4 Å². The lowest BCUT2D eigenvalue weighted by atomic mass is 10.1. The van der Waals surface area contributed by atoms with Gasteiger partial charge in [-0.3, -0.25) is 4.79 Å². The first kappa shape index (κ1) is 12.6. The van der Waals surface area contributed by atoms with E-state index in [1.807, 2.05) is 6.92 Å². The number of nitrogens with one attached hydrogen (secondary N) is 1. The third kappa shape index (κ3) is 3.62. The molecule has 0 saturated carbocycles. The van der Waals surface area contributed by atoms with Gasteiger partial charge in [-0.1, -0.05) is 6.92 Å². The Morgan fingerprint density at radius 2 is 2.19 bits per heavy atom. The highest BCUT2D eigenvalue weighted by Crippen LogP contribution is 2.08. The largest absolute Gasteiger partial charge is 0.391 e. The molecule has 0 aliphatic carbocycles. The van der Waals surface area contributed by atoms with Gasteiger partial charge in [-0.15, -0.1) is 0 Å². The first-order valence-electron chi connectivity index (χ1n) is 5.26. The minimum atomic E-state index is -0.557. The lowest BCUT2D eigenvalue weighted by Gasteiger charge is -2.09. The molecule has 0 bridgehead atoms. The van der Waals surface area contributed by atoms with Crippen molar-refractivity contribution in [3.8, 4) is 0 Å². The minimum Gasteiger partial charge on any atom is -0.391 e. The van der Waals surface area contributed by atoms with Crippen molar-refractivity contribution in [2.75, 3.05) is 6.54 Å². The summed E-state index contributed by atoms with van der Waals surface area (Å²) in [6.07, 6.45) is 0.0150. The summed E-state index contributed by atoms with van der Waals surface area (Å²) in [5.74, 6) is -0.795. The normalized spacial score (nSPS) is 12.2. The van der Waals surface area contributed by atoms with Gasteiger partial charge in [0.05, 0.1) is 6.10 Å². The minimum absolute atomic E-state index is 0.185. The number of rotatable bonds is 4. The molecule has 0 aliphatic heterocycles. The van der Waals surface area contributed by atoms with Crippen LogP contribution in [-0.2, 0) is 0 Å². The number of benzene rings is 1. The molecule has 0 heterocycles.